The summed E-state index contributed by atoms with van der Waals surface area (Å²) in [5.74, 6) is 2.18. The predicted molar refractivity (Wildman–Crippen MR) is 73.6 cm³/mol. The zero-order valence-electron chi connectivity index (χ0n) is 12.0. The number of rotatable bonds is 9. The molecule has 0 rings (SSSR count). The van der Waals surface area contributed by atoms with E-state index in [4.69, 9.17) is 5.73 Å². The van der Waals surface area contributed by atoms with Gasteiger partial charge in [0.2, 0.25) is 0 Å². The number of nitrogens with zero attached hydrogens (tertiary/aromatic N) is 1. The summed E-state index contributed by atoms with van der Waals surface area (Å²) in [4.78, 5) is 2.60. The summed E-state index contributed by atoms with van der Waals surface area (Å²) >= 11 is 0. The first-order valence-electron chi connectivity index (χ1n) is 6.91. The fourth-order valence-corrected chi connectivity index (χ4v) is 2.31. The summed E-state index contributed by atoms with van der Waals surface area (Å²) in [5.41, 5.74) is 5.84. The van der Waals surface area contributed by atoms with Crippen LogP contribution >= 0.6 is 0 Å². The van der Waals surface area contributed by atoms with Crippen molar-refractivity contribution < 1.29 is 0 Å². The molecule has 0 aromatic rings. The Balaban J connectivity index is 4.15. The molecule has 0 bridgehead atoms. The molecule has 0 heterocycles. The van der Waals surface area contributed by atoms with Crippen molar-refractivity contribution in [3.05, 3.63) is 0 Å². The monoisotopic (exact) mass is 228 g/mol. The van der Waals surface area contributed by atoms with Crippen LogP contribution in [0.1, 0.15) is 47.5 Å². The highest BCUT2D eigenvalue weighted by Gasteiger charge is 2.14. The molecule has 2 nitrogen and oxygen atoms in total. The molecule has 0 radical (unpaired) electrons. The molecule has 0 aliphatic heterocycles. The molecule has 0 fully saturated rings. The molecule has 2 heteroatoms. The maximum Gasteiger partial charge on any atom is 0.00219 e. The summed E-state index contributed by atoms with van der Waals surface area (Å²) < 4.78 is 0. The highest BCUT2D eigenvalue weighted by Crippen LogP contribution is 2.11. The van der Waals surface area contributed by atoms with E-state index in [-0.39, 0.29) is 0 Å². The van der Waals surface area contributed by atoms with Crippen molar-refractivity contribution in [3.8, 4) is 0 Å². The summed E-state index contributed by atoms with van der Waals surface area (Å²) in [5, 5.41) is 0. The fourth-order valence-electron chi connectivity index (χ4n) is 2.31. The van der Waals surface area contributed by atoms with Crippen molar-refractivity contribution in [2.24, 2.45) is 23.5 Å². The van der Waals surface area contributed by atoms with E-state index >= 15 is 0 Å². The van der Waals surface area contributed by atoms with Crippen LogP contribution in [-0.2, 0) is 0 Å². The molecule has 0 amide bonds. The van der Waals surface area contributed by atoms with Gasteiger partial charge in [-0.2, -0.15) is 0 Å². The van der Waals surface area contributed by atoms with Gasteiger partial charge in [-0.1, -0.05) is 41.0 Å². The van der Waals surface area contributed by atoms with Gasteiger partial charge >= 0.3 is 0 Å². The van der Waals surface area contributed by atoms with Crippen LogP contribution in [0.3, 0.4) is 0 Å². The molecule has 1 atom stereocenters. The molecule has 0 spiro atoms. The van der Waals surface area contributed by atoms with Crippen LogP contribution < -0.4 is 5.73 Å². The first-order valence-corrected chi connectivity index (χ1v) is 6.91. The molecule has 98 valence electrons. The average Bonchev–Trinajstić information content (AvgIpc) is 2.14. The molecule has 0 aliphatic carbocycles. The number of hydrogen-bond acceptors (Lipinski definition) is 2. The van der Waals surface area contributed by atoms with Crippen molar-refractivity contribution in [1.82, 2.24) is 4.90 Å². The van der Waals surface area contributed by atoms with Crippen LogP contribution in [-0.4, -0.2) is 31.1 Å². The smallest absolute Gasteiger partial charge is 0.00219 e. The maximum atomic E-state index is 5.84. The molecule has 0 aromatic heterocycles. The summed E-state index contributed by atoms with van der Waals surface area (Å²) in [7, 11) is 0. The summed E-state index contributed by atoms with van der Waals surface area (Å²) in [6.45, 7) is 15.9. The minimum atomic E-state index is 0.683. The van der Waals surface area contributed by atoms with E-state index in [1.54, 1.807) is 0 Å². The van der Waals surface area contributed by atoms with Gasteiger partial charge < -0.3 is 10.6 Å². The van der Waals surface area contributed by atoms with E-state index in [9.17, 15) is 0 Å². The topological polar surface area (TPSA) is 29.3 Å². The minimum Gasteiger partial charge on any atom is -0.330 e. The highest BCUT2D eigenvalue weighted by atomic mass is 15.1. The van der Waals surface area contributed by atoms with E-state index in [0.717, 1.165) is 18.4 Å². The predicted octanol–water partition coefficient (Wildman–Crippen LogP) is 2.98. The van der Waals surface area contributed by atoms with E-state index in [1.165, 1.54) is 32.5 Å². The lowest BCUT2D eigenvalue weighted by molar-refractivity contribution is 0.185. The van der Waals surface area contributed by atoms with Crippen LogP contribution in [0.2, 0.25) is 0 Å². The first kappa shape index (κ1) is 15.9. The summed E-state index contributed by atoms with van der Waals surface area (Å²) in [6.07, 6.45) is 2.52. The van der Waals surface area contributed by atoms with Crippen LogP contribution in [0, 0.1) is 17.8 Å². The zero-order chi connectivity index (χ0) is 12.6. The summed E-state index contributed by atoms with van der Waals surface area (Å²) in [6, 6.07) is 0. The lowest BCUT2D eigenvalue weighted by atomic mass is 10.0. The second-order valence-corrected chi connectivity index (χ2v) is 5.90. The first-order chi connectivity index (χ1) is 7.49. The van der Waals surface area contributed by atoms with E-state index in [1.807, 2.05) is 0 Å². The molecular weight excluding hydrogens is 196 g/mol. The standard InChI is InChI=1S/C14H32N2/c1-6-7-14(8-15)11-16(9-12(2)3)10-13(4)5/h12-14H,6-11,15H2,1-5H3. The van der Waals surface area contributed by atoms with Gasteiger partial charge in [-0.15, -0.1) is 0 Å². The Labute approximate surface area is 103 Å². The van der Waals surface area contributed by atoms with E-state index in [2.05, 4.69) is 39.5 Å². The largest absolute Gasteiger partial charge is 0.330 e. The molecule has 2 N–H and O–H groups in total. The van der Waals surface area contributed by atoms with Gasteiger partial charge in [-0.05, 0) is 30.7 Å². The van der Waals surface area contributed by atoms with Gasteiger partial charge in [0.15, 0.2) is 0 Å². The lowest BCUT2D eigenvalue weighted by Crippen LogP contribution is -2.37. The van der Waals surface area contributed by atoms with Crippen molar-refractivity contribution in [3.63, 3.8) is 0 Å². The van der Waals surface area contributed by atoms with Crippen molar-refractivity contribution in [2.45, 2.75) is 47.5 Å². The van der Waals surface area contributed by atoms with Crippen LogP contribution in [0.15, 0.2) is 0 Å². The average molecular weight is 228 g/mol. The van der Waals surface area contributed by atoms with Crippen LogP contribution in [0.4, 0.5) is 0 Å². The van der Waals surface area contributed by atoms with Crippen LogP contribution in [0.5, 0.6) is 0 Å². The van der Waals surface area contributed by atoms with Gasteiger partial charge in [0.05, 0.1) is 0 Å². The number of hydrogen-bond donors (Lipinski definition) is 1. The highest BCUT2D eigenvalue weighted by molar-refractivity contribution is 4.69. The van der Waals surface area contributed by atoms with Gasteiger partial charge in [0, 0.05) is 19.6 Å². The Morgan fingerprint density at radius 3 is 1.75 bits per heavy atom. The minimum absolute atomic E-state index is 0.683. The third-order valence-corrected chi connectivity index (χ3v) is 2.79. The third-order valence-electron chi connectivity index (χ3n) is 2.79. The van der Waals surface area contributed by atoms with Crippen molar-refractivity contribution in [1.29, 1.82) is 0 Å². The molecule has 0 saturated heterocycles. The van der Waals surface area contributed by atoms with Gasteiger partial charge in [0.1, 0.15) is 0 Å². The van der Waals surface area contributed by atoms with Gasteiger partial charge in [0.25, 0.3) is 0 Å². The van der Waals surface area contributed by atoms with E-state index in [0.29, 0.717) is 5.92 Å². The fraction of sp³-hybridized carbons (Fsp3) is 1.00. The second kappa shape index (κ2) is 9.00. The normalized spacial score (nSPS) is 14.1. The molecule has 0 aliphatic rings. The lowest BCUT2D eigenvalue weighted by Gasteiger charge is -2.29. The molecule has 0 saturated carbocycles. The Bertz CT molecular complexity index is 145. The quantitative estimate of drug-likeness (QED) is 0.657. The molecule has 0 aromatic carbocycles. The SMILES string of the molecule is CCCC(CN)CN(CC(C)C)CC(C)C. The Hall–Kier alpha value is -0.0800. The van der Waals surface area contributed by atoms with Crippen molar-refractivity contribution in [2.75, 3.05) is 26.2 Å². The third kappa shape index (κ3) is 8.12. The number of nitrogens with two attached hydrogens (primary N) is 1. The Morgan fingerprint density at radius 1 is 0.938 bits per heavy atom. The molecule has 16 heavy (non-hydrogen) atoms. The maximum absolute atomic E-state index is 5.84. The second-order valence-electron chi connectivity index (χ2n) is 5.90. The van der Waals surface area contributed by atoms with Crippen LogP contribution in [0.25, 0.3) is 0 Å². The van der Waals surface area contributed by atoms with Gasteiger partial charge in [-0.3, -0.25) is 0 Å². The van der Waals surface area contributed by atoms with Crippen molar-refractivity contribution >= 4 is 0 Å². The Morgan fingerprint density at radius 2 is 1.44 bits per heavy atom. The molecule has 1 unspecified atom stereocenters. The Kier molecular flexibility index (Phi) is 8.96. The zero-order valence-corrected chi connectivity index (χ0v) is 12.0. The van der Waals surface area contributed by atoms with E-state index < -0.39 is 0 Å². The van der Waals surface area contributed by atoms with Gasteiger partial charge in [-0.25, -0.2) is 0 Å². The molecular formula is C14H32N2.